The van der Waals surface area contributed by atoms with Gasteiger partial charge in [-0.1, -0.05) is 13.3 Å². The topological polar surface area (TPSA) is 46.2 Å². The third-order valence-corrected chi connectivity index (χ3v) is 3.09. The number of Topliss-reactive ketones (excluding diaryl/α,β-unsaturated/α-hetero) is 1. The largest absolute Gasteiger partial charge is 0.326 e. The number of rotatable bonds is 8. The molecule has 0 aliphatic rings. The molecule has 0 saturated carbocycles. The zero-order valence-corrected chi connectivity index (χ0v) is 12.2. The fourth-order valence-corrected chi connectivity index (χ4v) is 2.08. The Morgan fingerprint density at radius 2 is 1.90 bits per heavy atom. The molecule has 1 N–H and O–H groups in total. The molecule has 1 rings (SSSR count). The lowest BCUT2D eigenvalue weighted by Crippen LogP contribution is -2.06. The number of aryl methyl sites for hydroxylation is 1. The maximum atomic E-state index is 13.4. The highest BCUT2D eigenvalue weighted by molar-refractivity contribution is 5.88. The van der Waals surface area contributed by atoms with Crippen LogP contribution in [-0.2, 0) is 16.0 Å². The van der Waals surface area contributed by atoms with Gasteiger partial charge in [-0.05, 0) is 43.0 Å². The molecule has 0 spiro atoms. The highest BCUT2D eigenvalue weighted by atomic mass is 19.1. The number of hydrogen-bond donors (Lipinski definition) is 1. The number of carbonyl (C=O) groups is 2. The molecule has 1 amide bonds. The van der Waals surface area contributed by atoms with Gasteiger partial charge in [0.05, 0.1) is 0 Å². The van der Waals surface area contributed by atoms with E-state index in [1.807, 2.05) is 6.92 Å². The van der Waals surface area contributed by atoms with Gasteiger partial charge in [-0.15, -0.1) is 0 Å². The number of halogens is 1. The van der Waals surface area contributed by atoms with Crippen LogP contribution < -0.4 is 5.32 Å². The molecule has 1 aromatic carbocycles. The van der Waals surface area contributed by atoms with E-state index in [0.29, 0.717) is 24.3 Å². The Hall–Kier alpha value is -1.71. The van der Waals surface area contributed by atoms with E-state index in [0.717, 1.165) is 31.2 Å². The van der Waals surface area contributed by atoms with Crippen LogP contribution in [0.25, 0.3) is 0 Å². The molecule has 0 saturated heterocycles. The Labute approximate surface area is 119 Å². The van der Waals surface area contributed by atoms with Crippen LogP contribution in [0.5, 0.6) is 0 Å². The maximum absolute atomic E-state index is 13.4. The zero-order chi connectivity index (χ0) is 15.0. The van der Waals surface area contributed by atoms with Gasteiger partial charge in [0.1, 0.15) is 11.6 Å². The van der Waals surface area contributed by atoms with Crippen molar-refractivity contribution in [3.63, 3.8) is 0 Å². The predicted octanol–water partition coefficient (Wildman–Crippen LogP) is 3.87. The second kappa shape index (κ2) is 8.46. The Morgan fingerprint density at radius 1 is 1.15 bits per heavy atom. The Bertz CT molecular complexity index is 472. The maximum Gasteiger partial charge on any atom is 0.221 e. The quantitative estimate of drug-likeness (QED) is 0.734. The van der Waals surface area contributed by atoms with Crippen molar-refractivity contribution in [2.75, 3.05) is 5.32 Å². The van der Waals surface area contributed by atoms with Crippen LogP contribution >= 0.6 is 0 Å². The van der Waals surface area contributed by atoms with Crippen molar-refractivity contribution < 1.29 is 14.0 Å². The molecular weight excluding hydrogens is 257 g/mol. The minimum absolute atomic E-state index is 0.209. The van der Waals surface area contributed by atoms with Gasteiger partial charge in [0, 0.05) is 25.5 Å². The van der Waals surface area contributed by atoms with E-state index in [1.54, 1.807) is 6.07 Å². The number of benzene rings is 1. The van der Waals surface area contributed by atoms with Crippen LogP contribution in [0.1, 0.15) is 51.5 Å². The van der Waals surface area contributed by atoms with E-state index >= 15 is 0 Å². The van der Waals surface area contributed by atoms with Crippen LogP contribution in [0.15, 0.2) is 18.2 Å². The SMILES string of the molecule is CCC(=O)CCCCCc1cc(F)cc(NC(C)=O)c1. The predicted molar refractivity (Wildman–Crippen MR) is 78.2 cm³/mol. The van der Waals surface area contributed by atoms with Gasteiger partial charge in [0.25, 0.3) is 0 Å². The second-order valence-electron chi connectivity index (χ2n) is 4.98. The number of hydrogen-bond acceptors (Lipinski definition) is 2. The van der Waals surface area contributed by atoms with E-state index in [-0.39, 0.29) is 11.7 Å². The molecule has 20 heavy (non-hydrogen) atoms. The molecule has 0 heterocycles. The van der Waals surface area contributed by atoms with Crippen LogP contribution in [0.3, 0.4) is 0 Å². The molecule has 4 heteroatoms. The molecule has 3 nitrogen and oxygen atoms in total. The van der Waals surface area contributed by atoms with E-state index < -0.39 is 0 Å². The minimum Gasteiger partial charge on any atom is -0.326 e. The fourth-order valence-electron chi connectivity index (χ4n) is 2.08. The first-order chi connectivity index (χ1) is 9.51. The van der Waals surface area contributed by atoms with Crippen LogP contribution in [-0.4, -0.2) is 11.7 Å². The number of unbranched alkanes of at least 4 members (excludes halogenated alkanes) is 2. The van der Waals surface area contributed by atoms with Gasteiger partial charge in [0.15, 0.2) is 0 Å². The second-order valence-corrected chi connectivity index (χ2v) is 4.98. The van der Waals surface area contributed by atoms with Crippen LogP contribution in [0.4, 0.5) is 10.1 Å². The van der Waals surface area contributed by atoms with Crippen LogP contribution in [0, 0.1) is 5.82 Å². The van der Waals surface area contributed by atoms with Crippen molar-refractivity contribution in [3.8, 4) is 0 Å². The Balaban J connectivity index is 2.41. The van der Waals surface area contributed by atoms with Gasteiger partial charge >= 0.3 is 0 Å². The van der Waals surface area contributed by atoms with E-state index in [9.17, 15) is 14.0 Å². The molecule has 0 aliphatic carbocycles. The summed E-state index contributed by atoms with van der Waals surface area (Å²) in [6.07, 6.45) is 4.75. The lowest BCUT2D eigenvalue weighted by Gasteiger charge is -2.07. The highest BCUT2D eigenvalue weighted by Gasteiger charge is 2.03. The summed E-state index contributed by atoms with van der Waals surface area (Å²) in [4.78, 5) is 22.1. The van der Waals surface area contributed by atoms with Crippen molar-refractivity contribution in [1.29, 1.82) is 0 Å². The zero-order valence-electron chi connectivity index (χ0n) is 12.2. The average molecular weight is 279 g/mol. The first-order valence-electron chi connectivity index (χ1n) is 7.10. The molecule has 1 aromatic rings. The van der Waals surface area contributed by atoms with E-state index in [2.05, 4.69) is 5.32 Å². The van der Waals surface area contributed by atoms with Crippen molar-refractivity contribution in [1.82, 2.24) is 0 Å². The van der Waals surface area contributed by atoms with Gasteiger partial charge in [-0.25, -0.2) is 4.39 Å². The summed E-state index contributed by atoms with van der Waals surface area (Å²) < 4.78 is 13.4. The van der Waals surface area contributed by atoms with Gasteiger partial charge in [0.2, 0.25) is 5.91 Å². The summed E-state index contributed by atoms with van der Waals surface area (Å²) in [6, 6.07) is 4.59. The van der Waals surface area contributed by atoms with E-state index in [1.165, 1.54) is 19.1 Å². The molecule has 0 radical (unpaired) electrons. The molecule has 0 aromatic heterocycles. The number of amides is 1. The van der Waals surface area contributed by atoms with E-state index in [4.69, 9.17) is 0 Å². The minimum atomic E-state index is -0.340. The van der Waals surface area contributed by atoms with Gasteiger partial charge in [-0.3, -0.25) is 9.59 Å². The normalized spacial score (nSPS) is 10.3. The third-order valence-electron chi connectivity index (χ3n) is 3.09. The Kier molecular flexibility index (Phi) is 6.91. The van der Waals surface area contributed by atoms with Gasteiger partial charge < -0.3 is 5.32 Å². The van der Waals surface area contributed by atoms with Crippen molar-refractivity contribution in [2.24, 2.45) is 0 Å². The van der Waals surface area contributed by atoms with Crippen molar-refractivity contribution >= 4 is 17.4 Å². The summed E-state index contributed by atoms with van der Waals surface area (Å²) >= 11 is 0. The molecule has 0 unspecified atom stereocenters. The summed E-state index contributed by atoms with van der Waals surface area (Å²) in [5.74, 6) is -0.254. The number of ketones is 1. The number of anilines is 1. The summed E-state index contributed by atoms with van der Waals surface area (Å²) in [5.41, 5.74) is 1.37. The van der Waals surface area contributed by atoms with Gasteiger partial charge in [-0.2, -0.15) is 0 Å². The summed E-state index contributed by atoms with van der Waals surface area (Å²) in [6.45, 7) is 3.27. The molecular formula is C16H22FNO2. The summed E-state index contributed by atoms with van der Waals surface area (Å²) in [7, 11) is 0. The number of nitrogens with one attached hydrogen (secondary N) is 1. The molecule has 0 bridgehead atoms. The first-order valence-corrected chi connectivity index (χ1v) is 7.10. The first kappa shape index (κ1) is 16.3. The third kappa shape index (κ3) is 6.45. The molecule has 0 atom stereocenters. The monoisotopic (exact) mass is 279 g/mol. The molecule has 0 fully saturated rings. The average Bonchev–Trinajstić information content (AvgIpc) is 2.36. The van der Waals surface area contributed by atoms with Crippen molar-refractivity contribution in [3.05, 3.63) is 29.6 Å². The highest BCUT2D eigenvalue weighted by Crippen LogP contribution is 2.16. The Morgan fingerprint density at radius 3 is 2.55 bits per heavy atom. The standard InChI is InChI=1S/C16H22FNO2/c1-3-16(20)8-6-4-5-7-13-9-14(17)11-15(10-13)18-12(2)19/h9-11H,3-8H2,1-2H3,(H,18,19). The lowest BCUT2D eigenvalue weighted by atomic mass is 10.0. The molecule has 0 aliphatic heterocycles. The lowest BCUT2D eigenvalue weighted by molar-refractivity contribution is -0.119. The van der Waals surface area contributed by atoms with Crippen molar-refractivity contribution in [2.45, 2.75) is 52.4 Å². The fraction of sp³-hybridized carbons (Fsp3) is 0.500. The summed E-state index contributed by atoms with van der Waals surface area (Å²) in [5, 5.41) is 2.59. The smallest absolute Gasteiger partial charge is 0.221 e. The molecule has 110 valence electrons. The number of carbonyl (C=O) groups excluding carboxylic acids is 2. The van der Waals surface area contributed by atoms with Crippen LogP contribution in [0.2, 0.25) is 0 Å².